The van der Waals surface area contributed by atoms with Gasteiger partial charge in [0.25, 0.3) is 0 Å². The van der Waals surface area contributed by atoms with Gasteiger partial charge in [0.2, 0.25) is 0 Å². The standard InChI is InChI=1S/C17H23N3/c1-17(2)8-7-13(9-17)20-16-12(10-18)11-19-15-6-4-3-5-14(15)16/h3-6,11,13H,7-10,18H2,1-2H3,(H,19,20). The fourth-order valence-corrected chi connectivity index (χ4v) is 3.27. The number of para-hydroxylation sites is 1. The number of rotatable bonds is 3. The quantitative estimate of drug-likeness (QED) is 0.893. The van der Waals surface area contributed by atoms with E-state index in [9.17, 15) is 0 Å². The van der Waals surface area contributed by atoms with Crippen molar-refractivity contribution < 1.29 is 0 Å². The number of anilines is 1. The molecule has 1 heterocycles. The molecule has 20 heavy (non-hydrogen) atoms. The van der Waals surface area contributed by atoms with Crippen LogP contribution < -0.4 is 11.1 Å². The number of benzene rings is 1. The van der Waals surface area contributed by atoms with Gasteiger partial charge in [0.15, 0.2) is 0 Å². The van der Waals surface area contributed by atoms with E-state index in [1.54, 1.807) is 0 Å². The van der Waals surface area contributed by atoms with Gasteiger partial charge < -0.3 is 11.1 Å². The second-order valence-corrected chi connectivity index (χ2v) is 6.63. The highest BCUT2D eigenvalue weighted by molar-refractivity contribution is 5.92. The summed E-state index contributed by atoms with van der Waals surface area (Å²) in [6.07, 6.45) is 5.64. The Hall–Kier alpha value is -1.61. The molecule has 1 atom stereocenters. The monoisotopic (exact) mass is 269 g/mol. The molecule has 0 saturated heterocycles. The number of hydrogen-bond donors (Lipinski definition) is 2. The first kappa shape index (κ1) is 13.4. The normalized spacial score (nSPS) is 21.2. The molecular formula is C17H23N3. The molecule has 1 aromatic carbocycles. The molecule has 3 nitrogen and oxygen atoms in total. The van der Waals surface area contributed by atoms with Gasteiger partial charge in [-0.3, -0.25) is 4.98 Å². The van der Waals surface area contributed by atoms with Gasteiger partial charge >= 0.3 is 0 Å². The molecule has 0 spiro atoms. The number of nitrogens with zero attached hydrogens (tertiary/aromatic N) is 1. The highest BCUT2D eigenvalue weighted by Gasteiger charge is 2.31. The Morgan fingerprint density at radius 1 is 1.35 bits per heavy atom. The highest BCUT2D eigenvalue weighted by Crippen LogP contribution is 2.39. The summed E-state index contributed by atoms with van der Waals surface area (Å²) in [6, 6.07) is 8.82. The van der Waals surface area contributed by atoms with Crippen LogP contribution in [0.1, 0.15) is 38.7 Å². The van der Waals surface area contributed by atoms with E-state index in [0.29, 0.717) is 18.0 Å². The Morgan fingerprint density at radius 2 is 2.15 bits per heavy atom. The highest BCUT2D eigenvalue weighted by atomic mass is 14.9. The summed E-state index contributed by atoms with van der Waals surface area (Å²) < 4.78 is 0. The van der Waals surface area contributed by atoms with Crippen LogP contribution in [0.3, 0.4) is 0 Å². The van der Waals surface area contributed by atoms with E-state index in [1.165, 1.54) is 30.3 Å². The molecule has 1 unspecified atom stereocenters. The summed E-state index contributed by atoms with van der Waals surface area (Å²) in [6.45, 7) is 5.22. The zero-order valence-corrected chi connectivity index (χ0v) is 12.3. The zero-order chi connectivity index (χ0) is 14.2. The third kappa shape index (κ3) is 2.50. The lowest BCUT2D eigenvalue weighted by atomic mass is 9.92. The number of hydrogen-bond acceptors (Lipinski definition) is 3. The van der Waals surface area contributed by atoms with E-state index >= 15 is 0 Å². The van der Waals surface area contributed by atoms with Gasteiger partial charge in [0, 0.05) is 35.4 Å². The van der Waals surface area contributed by atoms with Crippen LogP contribution in [0.5, 0.6) is 0 Å². The first-order valence-electron chi connectivity index (χ1n) is 7.42. The fourth-order valence-electron chi connectivity index (χ4n) is 3.27. The second kappa shape index (κ2) is 5.06. The third-order valence-corrected chi connectivity index (χ3v) is 4.39. The molecule has 1 aliphatic rings. The zero-order valence-electron chi connectivity index (χ0n) is 12.3. The summed E-state index contributed by atoms with van der Waals surface area (Å²) in [5.74, 6) is 0. The van der Waals surface area contributed by atoms with Crippen LogP contribution in [0.2, 0.25) is 0 Å². The summed E-state index contributed by atoms with van der Waals surface area (Å²) in [4.78, 5) is 4.50. The van der Waals surface area contributed by atoms with Gasteiger partial charge in [-0.05, 0) is 30.7 Å². The molecule has 0 amide bonds. The Kier molecular flexibility index (Phi) is 3.38. The molecule has 3 heteroatoms. The summed E-state index contributed by atoms with van der Waals surface area (Å²) in [5.41, 5.74) is 9.66. The van der Waals surface area contributed by atoms with Crippen molar-refractivity contribution in [1.82, 2.24) is 4.98 Å². The molecule has 2 aromatic rings. The van der Waals surface area contributed by atoms with Crippen LogP contribution in [0.15, 0.2) is 30.5 Å². The number of aromatic nitrogens is 1. The van der Waals surface area contributed by atoms with Crippen LogP contribution >= 0.6 is 0 Å². The number of pyridine rings is 1. The molecule has 106 valence electrons. The lowest BCUT2D eigenvalue weighted by Crippen LogP contribution is -2.19. The number of nitrogens with one attached hydrogen (secondary N) is 1. The van der Waals surface area contributed by atoms with E-state index in [4.69, 9.17) is 5.73 Å². The molecule has 0 bridgehead atoms. The maximum Gasteiger partial charge on any atom is 0.0722 e. The SMILES string of the molecule is CC1(C)CCC(Nc2c(CN)cnc3ccccc23)C1. The van der Waals surface area contributed by atoms with Gasteiger partial charge in [-0.1, -0.05) is 32.0 Å². The molecular weight excluding hydrogens is 246 g/mol. The van der Waals surface area contributed by atoms with Crippen LogP contribution in [0.25, 0.3) is 10.9 Å². The van der Waals surface area contributed by atoms with Gasteiger partial charge in [0.05, 0.1) is 5.52 Å². The first-order chi connectivity index (χ1) is 9.59. The first-order valence-corrected chi connectivity index (χ1v) is 7.42. The van der Waals surface area contributed by atoms with Crippen molar-refractivity contribution in [2.75, 3.05) is 5.32 Å². The Bertz CT molecular complexity index is 619. The summed E-state index contributed by atoms with van der Waals surface area (Å²) in [5, 5.41) is 4.92. The topological polar surface area (TPSA) is 50.9 Å². The molecule has 3 N–H and O–H groups in total. The Morgan fingerprint density at radius 3 is 2.85 bits per heavy atom. The van der Waals surface area contributed by atoms with Crippen molar-refractivity contribution in [3.63, 3.8) is 0 Å². The number of fused-ring (bicyclic) bond motifs is 1. The van der Waals surface area contributed by atoms with E-state index in [1.807, 2.05) is 12.3 Å². The van der Waals surface area contributed by atoms with E-state index in [0.717, 1.165) is 11.1 Å². The lowest BCUT2D eigenvalue weighted by Gasteiger charge is -2.21. The minimum absolute atomic E-state index is 0.448. The third-order valence-electron chi connectivity index (χ3n) is 4.39. The largest absolute Gasteiger partial charge is 0.381 e. The molecule has 0 radical (unpaired) electrons. The minimum atomic E-state index is 0.448. The summed E-state index contributed by atoms with van der Waals surface area (Å²) >= 11 is 0. The predicted molar refractivity (Wildman–Crippen MR) is 84.7 cm³/mol. The predicted octanol–water partition coefficient (Wildman–Crippen LogP) is 3.68. The van der Waals surface area contributed by atoms with Gasteiger partial charge in [0.1, 0.15) is 0 Å². The van der Waals surface area contributed by atoms with Crippen molar-refractivity contribution in [3.05, 3.63) is 36.0 Å². The minimum Gasteiger partial charge on any atom is -0.381 e. The van der Waals surface area contributed by atoms with E-state index in [-0.39, 0.29) is 0 Å². The number of nitrogens with two attached hydrogens (primary N) is 1. The second-order valence-electron chi connectivity index (χ2n) is 6.63. The summed E-state index contributed by atoms with van der Waals surface area (Å²) in [7, 11) is 0. The lowest BCUT2D eigenvalue weighted by molar-refractivity contribution is 0.378. The van der Waals surface area contributed by atoms with Crippen molar-refractivity contribution in [3.8, 4) is 0 Å². The van der Waals surface area contributed by atoms with Crippen LogP contribution in [0.4, 0.5) is 5.69 Å². The smallest absolute Gasteiger partial charge is 0.0722 e. The van der Waals surface area contributed by atoms with Gasteiger partial charge in [-0.25, -0.2) is 0 Å². The fraction of sp³-hybridized carbons (Fsp3) is 0.471. The molecule has 0 aliphatic heterocycles. The molecule has 1 saturated carbocycles. The molecule has 1 fully saturated rings. The van der Waals surface area contributed by atoms with Crippen molar-refractivity contribution in [1.29, 1.82) is 0 Å². The Labute approximate surface area is 120 Å². The van der Waals surface area contributed by atoms with Gasteiger partial charge in [-0.2, -0.15) is 0 Å². The molecule has 3 rings (SSSR count). The molecule has 1 aliphatic carbocycles. The van der Waals surface area contributed by atoms with Crippen molar-refractivity contribution >= 4 is 16.6 Å². The average molecular weight is 269 g/mol. The van der Waals surface area contributed by atoms with Crippen LogP contribution in [-0.2, 0) is 6.54 Å². The van der Waals surface area contributed by atoms with E-state index < -0.39 is 0 Å². The van der Waals surface area contributed by atoms with Crippen LogP contribution in [-0.4, -0.2) is 11.0 Å². The van der Waals surface area contributed by atoms with E-state index in [2.05, 4.69) is 42.3 Å². The maximum absolute atomic E-state index is 5.89. The average Bonchev–Trinajstić information content (AvgIpc) is 2.78. The van der Waals surface area contributed by atoms with Crippen molar-refractivity contribution in [2.24, 2.45) is 11.1 Å². The van der Waals surface area contributed by atoms with Gasteiger partial charge in [-0.15, -0.1) is 0 Å². The van der Waals surface area contributed by atoms with Crippen molar-refractivity contribution in [2.45, 2.75) is 45.7 Å². The Balaban J connectivity index is 1.97. The maximum atomic E-state index is 5.89. The van der Waals surface area contributed by atoms with Crippen LogP contribution in [0, 0.1) is 5.41 Å². The molecule has 1 aromatic heterocycles.